The van der Waals surface area contributed by atoms with Crippen LogP contribution in [0.4, 0.5) is 0 Å². The Morgan fingerprint density at radius 3 is 1.50 bits per heavy atom. The van der Waals surface area contributed by atoms with E-state index in [-0.39, 0.29) is 31.9 Å². The zero-order valence-corrected chi connectivity index (χ0v) is 35.8. The molecule has 9 nitrogen and oxygen atoms in total. The molecule has 0 aromatic carbocycles. The van der Waals surface area contributed by atoms with Gasteiger partial charge in [0.2, 0.25) is 0 Å². The van der Waals surface area contributed by atoms with E-state index >= 15 is 0 Å². The molecule has 0 heterocycles. The van der Waals surface area contributed by atoms with Crippen molar-refractivity contribution >= 4 is 13.8 Å². The molecule has 52 heavy (non-hydrogen) atoms. The van der Waals surface area contributed by atoms with Crippen molar-refractivity contribution in [2.24, 2.45) is 0 Å². The lowest BCUT2D eigenvalue weighted by Gasteiger charge is -2.28. The molecule has 0 aliphatic heterocycles. The second kappa shape index (κ2) is 36.1. The third-order valence-corrected chi connectivity index (χ3v) is 10.7. The van der Waals surface area contributed by atoms with Crippen molar-refractivity contribution in [2.45, 2.75) is 212 Å². The minimum atomic E-state index is -4.53. The number of unbranched alkanes of at least 4 members (excludes halogenated alkanes) is 23. The van der Waals surface area contributed by atoms with Crippen molar-refractivity contribution < 1.29 is 42.4 Å². The van der Waals surface area contributed by atoms with E-state index in [0.717, 1.165) is 64.2 Å². The van der Waals surface area contributed by atoms with Crippen LogP contribution >= 0.6 is 7.82 Å². The van der Waals surface area contributed by atoms with Crippen molar-refractivity contribution in [1.82, 2.24) is 0 Å². The molecule has 0 aromatic heterocycles. The van der Waals surface area contributed by atoms with E-state index in [1.165, 1.54) is 116 Å². The molecule has 0 rings (SSSR count). The van der Waals surface area contributed by atoms with Crippen LogP contribution in [0.15, 0.2) is 0 Å². The predicted octanol–water partition coefficient (Wildman–Crippen LogP) is 10.8. The Morgan fingerprint density at radius 2 is 1.02 bits per heavy atom. The topological polar surface area (TPSA) is 114 Å². The number of hydrogen-bond donors (Lipinski definition) is 1. The van der Waals surface area contributed by atoms with E-state index in [1.807, 2.05) is 21.1 Å². The largest absolute Gasteiger partial charge is 0.756 e. The molecule has 0 aromatic rings. The molecule has 0 amide bonds. The molecule has 0 spiro atoms. The molecule has 312 valence electrons. The number of quaternary nitrogens is 1. The molecule has 10 heteroatoms. The summed E-state index contributed by atoms with van der Waals surface area (Å²) in [5.41, 5.74) is 0. The SMILES string of the molecule is CCCCCCCCCCCCCCCCOCC(COP(=O)([O-])OCC[N+](C)(C)C)OC(=O)CCCCCCCCCCC(O)CCCCCC. The molecule has 3 unspecified atom stereocenters. The number of hydrogen-bond acceptors (Lipinski definition) is 8. The monoisotopic (exact) mass is 764 g/mol. The van der Waals surface area contributed by atoms with Gasteiger partial charge >= 0.3 is 5.97 Å². The molecule has 0 aliphatic rings. The number of carbonyl (C=O) groups excluding carboxylic acids is 1. The Balaban J connectivity index is 4.24. The predicted molar refractivity (Wildman–Crippen MR) is 214 cm³/mol. The van der Waals surface area contributed by atoms with Crippen LogP contribution in [0.3, 0.4) is 0 Å². The first-order valence-corrected chi connectivity index (χ1v) is 23.3. The average molecular weight is 764 g/mol. The van der Waals surface area contributed by atoms with E-state index in [1.54, 1.807) is 0 Å². The lowest BCUT2D eigenvalue weighted by molar-refractivity contribution is -0.870. The van der Waals surface area contributed by atoms with Gasteiger partial charge in [0.1, 0.15) is 19.3 Å². The van der Waals surface area contributed by atoms with Crippen LogP contribution in [-0.4, -0.2) is 81.9 Å². The highest BCUT2D eigenvalue weighted by Crippen LogP contribution is 2.38. The smallest absolute Gasteiger partial charge is 0.306 e. The molecule has 0 bridgehead atoms. The van der Waals surface area contributed by atoms with Crippen LogP contribution in [0.25, 0.3) is 0 Å². The quantitative estimate of drug-likeness (QED) is 0.0283. The molecule has 3 atom stereocenters. The van der Waals surface area contributed by atoms with Crippen molar-refractivity contribution in [3.8, 4) is 0 Å². The van der Waals surface area contributed by atoms with Crippen LogP contribution in [-0.2, 0) is 27.9 Å². The van der Waals surface area contributed by atoms with Crippen molar-refractivity contribution in [2.75, 3.05) is 54.1 Å². The molecule has 0 fully saturated rings. The van der Waals surface area contributed by atoms with Gasteiger partial charge in [-0.3, -0.25) is 9.36 Å². The Morgan fingerprint density at radius 1 is 0.596 bits per heavy atom. The zero-order chi connectivity index (χ0) is 38.6. The first-order chi connectivity index (χ1) is 25.0. The van der Waals surface area contributed by atoms with Gasteiger partial charge in [-0.05, 0) is 25.7 Å². The summed E-state index contributed by atoms with van der Waals surface area (Å²) < 4.78 is 34.5. The van der Waals surface area contributed by atoms with Crippen molar-refractivity contribution in [3.63, 3.8) is 0 Å². The van der Waals surface area contributed by atoms with Crippen molar-refractivity contribution in [1.29, 1.82) is 0 Å². The van der Waals surface area contributed by atoms with E-state index in [2.05, 4.69) is 13.8 Å². The number of likely N-dealkylation sites (N-methyl/N-ethyl adjacent to an activating group) is 1. The lowest BCUT2D eigenvalue weighted by Crippen LogP contribution is -2.37. The minimum absolute atomic E-state index is 0.0205. The Kier molecular flexibility index (Phi) is 35.7. The number of nitrogens with zero attached hydrogens (tertiary/aromatic N) is 1. The van der Waals surface area contributed by atoms with Gasteiger partial charge in [-0.1, -0.05) is 168 Å². The number of carbonyl (C=O) groups is 1. The maximum atomic E-state index is 12.7. The minimum Gasteiger partial charge on any atom is -0.756 e. The Labute approximate surface area is 321 Å². The first kappa shape index (κ1) is 51.5. The summed E-state index contributed by atoms with van der Waals surface area (Å²) in [5, 5.41) is 10.1. The third-order valence-electron chi connectivity index (χ3n) is 9.73. The molecule has 0 saturated carbocycles. The number of ether oxygens (including phenoxy) is 2. The highest BCUT2D eigenvalue weighted by molar-refractivity contribution is 7.45. The summed E-state index contributed by atoms with van der Waals surface area (Å²) in [4.78, 5) is 25.0. The van der Waals surface area contributed by atoms with Crippen LogP contribution in [0.1, 0.15) is 200 Å². The standard InChI is InChI=1S/C42H86NO8P/c1-6-8-10-12-13-14-15-16-17-18-21-24-27-31-36-48-38-41(39-50-52(46,47)49-37-35-43(3,4)5)51-42(45)34-30-26-23-20-19-22-25-29-33-40(44)32-28-11-9-7-2/h40-41,44H,6-39H2,1-5H3. The zero-order valence-electron chi connectivity index (χ0n) is 34.9. The summed E-state index contributed by atoms with van der Waals surface area (Å²) in [5.74, 6) is -0.353. The van der Waals surface area contributed by atoms with E-state index in [4.69, 9.17) is 18.5 Å². The Bertz CT molecular complexity index is 824. The number of aliphatic hydroxyl groups is 1. The third kappa shape index (κ3) is 39.2. The lowest BCUT2D eigenvalue weighted by atomic mass is 10.0. The highest BCUT2D eigenvalue weighted by Gasteiger charge is 2.20. The van der Waals surface area contributed by atoms with Crippen molar-refractivity contribution in [3.05, 3.63) is 0 Å². The highest BCUT2D eigenvalue weighted by atomic mass is 31.2. The average Bonchev–Trinajstić information content (AvgIpc) is 3.09. The molecular weight excluding hydrogens is 677 g/mol. The Hall–Kier alpha value is -0.540. The van der Waals surface area contributed by atoms with Gasteiger partial charge < -0.3 is 33.0 Å². The van der Waals surface area contributed by atoms with Gasteiger partial charge in [0.15, 0.2) is 0 Å². The molecular formula is C42H86NO8P. The second-order valence-corrected chi connectivity index (χ2v) is 17.7. The number of rotatable bonds is 41. The number of esters is 1. The van der Waals surface area contributed by atoms with Crippen LogP contribution < -0.4 is 4.89 Å². The van der Waals surface area contributed by atoms with E-state index < -0.39 is 13.9 Å². The van der Waals surface area contributed by atoms with Gasteiger partial charge in [-0.2, -0.15) is 0 Å². The summed E-state index contributed by atoms with van der Waals surface area (Å²) in [6.07, 6.45) is 32.7. The maximum absolute atomic E-state index is 12.7. The molecule has 0 saturated heterocycles. The fraction of sp³-hybridized carbons (Fsp3) is 0.976. The van der Waals surface area contributed by atoms with E-state index in [0.29, 0.717) is 24.1 Å². The van der Waals surface area contributed by atoms with Gasteiger partial charge in [-0.15, -0.1) is 0 Å². The summed E-state index contributed by atoms with van der Waals surface area (Å²) in [7, 11) is 1.34. The van der Waals surface area contributed by atoms with Crippen LogP contribution in [0, 0.1) is 0 Å². The molecule has 1 N–H and O–H groups in total. The van der Waals surface area contributed by atoms with Gasteiger partial charge in [-0.25, -0.2) is 0 Å². The summed E-state index contributed by atoms with van der Waals surface area (Å²) in [6, 6.07) is 0. The van der Waals surface area contributed by atoms with Gasteiger partial charge in [0.05, 0.1) is 40.5 Å². The van der Waals surface area contributed by atoms with Crippen LogP contribution in [0.5, 0.6) is 0 Å². The van der Waals surface area contributed by atoms with E-state index in [9.17, 15) is 19.4 Å². The second-order valence-electron chi connectivity index (χ2n) is 16.2. The first-order valence-electron chi connectivity index (χ1n) is 21.8. The fourth-order valence-electron chi connectivity index (χ4n) is 6.27. The summed E-state index contributed by atoms with van der Waals surface area (Å²) >= 11 is 0. The fourth-order valence-corrected chi connectivity index (χ4v) is 7.00. The maximum Gasteiger partial charge on any atom is 0.306 e. The summed E-state index contributed by atoms with van der Waals surface area (Å²) in [6.45, 7) is 5.33. The van der Waals surface area contributed by atoms with Crippen LogP contribution in [0.2, 0.25) is 0 Å². The number of phosphoric ester groups is 1. The molecule has 0 aliphatic carbocycles. The number of aliphatic hydroxyl groups excluding tert-OH is 1. The number of phosphoric acid groups is 1. The normalized spacial score (nSPS) is 14.4. The molecule has 0 radical (unpaired) electrons. The van der Waals surface area contributed by atoms with Gasteiger partial charge in [0, 0.05) is 13.0 Å². The van der Waals surface area contributed by atoms with Gasteiger partial charge in [0.25, 0.3) is 7.82 Å².